The summed E-state index contributed by atoms with van der Waals surface area (Å²) in [6, 6.07) is 6.74. The van der Waals surface area contributed by atoms with E-state index < -0.39 is 41.9 Å². The van der Waals surface area contributed by atoms with Gasteiger partial charge >= 0.3 is 0 Å². The van der Waals surface area contributed by atoms with E-state index in [1.807, 2.05) is 14.1 Å². The van der Waals surface area contributed by atoms with Gasteiger partial charge in [0.05, 0.1) is 6.04 Å². The van der Waals surface area contributed by atoms with Crippen LogP contribution in [0.4, 0.5) is 0 Å². The molecule has 1 aliphatic heterocycles. The first-order chi connectivity index (χ1) is 25.5. The molecule has 1 aliphatic rings. The van der Waals surface area contributed by atoms with Crippen molar-refractivity contribution in [3.05, 3.63) is 47.5 Å². The van der Waals surface area contributed by atoms with Gasteiger partial charge in [-0.1, -0.05) is 12.1 Å². The number of nitrogens with one attached hydrogen (secondary N) is 9. The summed E-state index contributed by atoms with van der Waals surface area (Å²) in [6.07, 6.45) is 3.25. The summed E-state index contributed by atoms with van der Waals surface area (Å²) in [7, 11) is 8.98. The summed E-state index contributed by atoms with van der Waals surface area (Å²) in [5.74, 6) is -1.76. The first-order valence-corrected chi connectivity index (χ1v) is 18.6. The molecule has 53 heavy (non-hydrogen) atoms. The van der Waals surface area contributed by atoms with Crippen LogP contribution in [0.1, 0.15) is 49.7 Å². The molecule has 4 bridgehead atoms. The monoisotopic (exact) mass is 739 g/mol. The highest BCUT2D eigenvalue weighted by molar-refractivity contribution is 5.93. The first-order valence-electron chi connectivity index (χ1n) is 18.6. The van der Waals surface area contributed by atoms with Crippen LogP contribution in [-0.4, -0.2) is 125 Å². The van der Waals surface area contributed by atoms with Gasteiger partial charge in [-0.25, -0.2) is 0 Å². The molecule has 0 saturated heterocycles. The third kappa shape index (κ3) is 13.9. The highest BCUT2D eigenvalue weighted by atomic mass is 16.3. The van der Waals surface area contributed by atoms with Crippen LogP contribution in [-0.2, 0) is 32.0 Å². The number of hydrogen-bond donors (Lipinski definition) is 11. The van der Waals surface area contributed by atoms with Crippen molar-refractivity contribution >= 4 is 23.6 Å². The second-order valence-electron chi connectivity index (χ2n) is 13.6. The predicted octanol–water partition coefficient (Wildman–Crippen LogP) is -0.391. The third-order valence-corrected chi connectivity index (χ3v) is 9.65. The van der Waals surface area contributed by atoms with Crippen molar-refractivity contribution in [1.29, 1.82) is 0 Å². The molecule has 2 aromatic rings. The highest BCUT2D eigenvalue weighted by Crippen LogP contribution is 2.31. The smallest absolute Gasteiger partial charge is 0.243 e. The Morgan fingerprint density at radius 2 is 1.40 bits per heavy atom. The maximum Gasteiger partial charge on any atom is 0.243 e. The Kier molecular flexibility index (Phi) is 18.5. The van der Waals surface area contributed by atoms with Crippen LogP contribution in [0.5, 0.6) is 11.5 Å². The number of phenols is 2. The summed E-state index contributed by atoms with van der Waals surface area (Å²) in [4.78, 5) is 54.9. The zero-order chi connectivity index (χ0) is 38.8. The van der Waals surface area contributed by atoms with Gasteiger partial charge in [0.1, 0.15) is 23.6 Å². The molecule has 11 N–H and O–H groups in total. The Bertz CT molecular complexity index is 1490. The fraction of sp³-hybridized carbons (Fsp3) is 0.579. The fourth-order valence-electron chi connectivity index (χ4n) is 6.38. The van der Waals surface area contributed by atoms with Crippen LogP contribution in [0.2, 0.25) is 0 Å². The van der Waals surface area contributed by atoms with Gasteiger partial charge in [0.25, 0.3) is 0 Å². The molecule has 15 nitrogen and oxygen atoms in total. The molecular formula is C38H61N9O6. The number of fused-ring (bicyclic) bond motifs is 5. The zero-order valence-corrected chi connectivity index (χ0v) is 31.9. The molecule has 0 spiro atoms. The average molecular weight is 740 g/mol. The Morgan fingerprint density at radius 3 is 2.00 bits per heavy atom. The number of rotatable bonds is 19. The first kappa shape index (κ1) is 43.1. The average Bonchev–Trinajstić information content (AvgIpc) is 3.14. The lowest BCUT2D eigenvalue weighted by atomic mass is 9.95. The molecule has 1 unspecified atom stereocenters. The third-order valence-electron chi connectivity index (χ3n) is 9.65. The van der Waals surface area contributed by atoms with Crippen molar-refractivity contribution in [2.45, 2.75) is 81.6 Å². The number of carbonyl (C=O) groups excluding carboxylic acids is 4. The molecule has 0 aliphatic carbocycles. The van der Waals surface area contributed by atoms with Crippen molar-refractivity contribution in [2.75, 3.05) is 61.4 Å². The minimum Gasteiger partial charge on any atom is -0.508 e. The van der Waals surface area contributed by atoms with Gasteiger partial charge in [-0.2, -0.15) is 0 Å². The second-order valence-corrected chi connectivity index (χ2v) is 13.6. The van der Waals surface area contributed by atoms with E-state index in [1.165, 1.54) is 6.07 Å². The van der Waals surface area contributed by atoms with Crippen LogP contribution < -0.4 is 47.9 Å². The molecule has 3 rings (SSSR count). The van der Waals surface area contributed by atoms with Crippen LogP contribution in [0.15, 0.2) is 36.4 Å². The van der Waals surface area contributed by atoms with E-state index in [9.17, 15) is 29.4 Å². The summed E-state index contributed by atoms with van der Waals surface area (Å²) in [5, 5.41) is 48.9. The van der Waals surface area contributed by atoms with Crippen molar-refractivity contribution in [2.24, 2.45) is 0 Å². The largest absolute Gasteiger partial charge is 0.508 e. The Morgan fingerprint density at radius 1 is 0.774 bits per heavy atom. The topological polar surface area (TPSA) is 217 Å². The minimum absolute atomic E-state index is 0.0260. The lowest BCUT2D eigenvalue weighted by Gasteiger charge is -2.27. The minimum atomic E-state index is -1.16. The lowest BCUT2D eigenvalue weighted by molar-refractivity contribution is -0.133. The number of amides is 4. The van der Waals surface area contributed by atoms with Gasteiger partial charge in [0, 0.05) is 37.9 Å². The Labute approximate surface area is 313 Å². The lowest BCUT2D eigenvalue weighted by Crippen LogP contribution is -2.57. The Balaban J connectivity index is 1.95. The van der Waals surface area contributed by atoms with E-state index in [0.29, 0.717) is 49.2 Å². The molecule has 1 heterocycles. The summed E-state index contributed by atoms with van der Waals surface area (Å²) in [6.45, 7) is 2.45. The van der Waals surface area contributed by atoms with E-state index in [-0.39, 0.29) is 49.1 Å². The molecule has 0 radical (unpaired) electrons. The van der Waals surface area contributed by atoms with Gasteiger partial charge in [-0.3, -0.25) is 19.2 Å². The Hall–Kier alpha value is -4.28. The van der Waals surface area contributed by atoms with Gasteiger partial charge in [-0.15, -0.1) is 0 Å². The van der Waals surface area contributed by atoms with Gasteiger partial charge < -0.3 is 58.1 Å². The molecule has 0 fully saturated rings. The maximum absolute atomic E-state index is 14.2. The molecule has 2 aromatic carbocycles. The second kappa shape index (κ2) is 22.7. The van der Waals surface area contributed by atoms with Crippen LogP contribution in [0.25, 0.3) is 11.1 Å². The molecule has 294 valence electrons. The predicted molar refractivity (Wildman–Crippen MR) is 207 cm³/mol. The fourth-order valence-corrected chi connectivity index (χ4v) is 6.38. The van der Waals surface area contributed by atoms with Crippen molar-refractivity contribution in [3.8, 4) is 22.6 Å². The van der Waals surface area contributed by atoms with Crippen LogP contribution in [0, 0.1) is 0 Å². The standard InChI is InChI=1S/C38H61N9O6/c1-39-15-6-8-29(42-4)23-44-35(50)22-28(14-17-41-3)45-38(53)32-21-27-19-25(11-13-34(27)49)24-10-12-33(48)26(18-24)20-31(43-5)37(52)46-30(36(51)47-32)9-7-16-40-2/h10-13,18-19,28-32,39-43,48-49H,6-9,14-17,20-23H2,1-5H3,(H,44,50)(H,45,53)(H,46,52)(H,47,51)/t28?,29-,30-,31-,32-/m0/s1. The number of benzene rings is 2. The van der Waals surface area contributed by atoms with Gasteiger partial charge in [0.15, 0.2) is 0 Å². The van der Waals surface area contributed by atoms with Crippen molar-refractivity contribution in [3.63, 3.8) is 0 Å². The number of phenolic OH excluding ortho intramolecular Hbond substituents is 2. The SMILES string of the molecule is CNCCC[C@@H](CNC(=O)CC(CCNC)NC(=O)[C@@H]1Cc2cc(ccc2O)-c2ccc(O)c(c2)C[C@H](NC)C(=O)N[C@@H](CCCNC)C(=O)N1)NC. The van der Waals surface area contributed by atoms with Crippen molar-refractivity contribution < 1.29 is 29.4 Å². The van der Waals surface area contributed by atoms with E-state index >= 15 is 0 Å². The zero-order valence-electron chi connectivity index (χ0n) is 31.9. The number of aromatic hydroxyl groups is 2. The normalized spacial score (nSPS) is 18.8. The molecule has 15 heteroatoms. The molecule has 0 aromatic heterocycles. The molecule has 0 saturated carbocycles. The summed E-state index contributed by atoms with van der Waals surface area (Å²) in [5.41, 5.74) is 2.39. The molecule has 5 atom stereocenters. The van der Waals surface area contributed by atoms with Gasteiger partial charge in [0.2, 0.25) is 23.6 Å². The van der Waals surface area contributed by atoms with E-state index in [1.54, 1.807) is 51.5 Å². The van der Waals surface area contributed by atoms with Gasteiger partial charge in [-0.05, 0) is 133 Å². The number of likely N-dealkylation sites (N-methyl/N-ethyl adjacent to an activating group) is 2. The highest BCUT2D eigenvalue weighted by Gasteiger charge is 2.31. The van der Waals surface area contributed by atoms with Crippen molar-refractivity contribution in [1.82, 2.24) is 47.9 Å². The molecule has 4 amide bonds. The van der Waals surface area contributed by atoms with Crippen LogP contribution in [0.3, 0.4) is 0 Å². The summed E-state index contributed by atoms with van der Waals surface area (Å²) >= 11 is 0. The number of hydrogen-bond acceptors (Lipinski definition) is 11. The summed E-state index contributed by atoms with van der Waals surface area (Å²) < 4.78 is 0. The van der Waals surface area contributed by atoms with E-state index in [4.69, 9.17) is 0 Å². The van der Waals surface area contributed by atoms with E-state index in [2.05, 4.69) is 47.9 Å². The van der Waals surface area contributed by atoms with Crippen LogP contribution >= 0.6 is 0 Å². The maximum atomic E-state index is 14.2. The molecular weight excluding hydrogens is 678 g/mol. The van der Waals surface area contributed by atoms with E-state index in [0.717, 1.165) is 24.9 Å². The number of carbonyl (C=O) groups is 4. The quantitative estimate of drug-likeness (QED) is 0.0835.